The van der Waals surface area contributed by atoms with E-state index in [0.29, 0.717) is 42.6 Å². The number of ether oxygens (including phenoxy) is 2. The van der Waals surface area contributed by atoms with Crippen LogP contribution in [-0.4, -0.2) is 63.1 Å². The lowest BCUT2D eigenvalue weighted by Crippen LogP contribution is -2.55. The number of nitrogens with one attached hydrogen (secondary N) is 1. The third-order valence-electron chi connectivity index (χ3n) is 10.7. The van der Waals surface area contributed by atoms with Crippen molar-refractivity contribution in [3.8, 4) is 5.75 Å². The van der Waals surface area contributed by atoms with Crippen molar-refractivity contribution in [2.24, 2.45) is 17.8 Å². The Morgan fingerprint density at radius 2 is 1.98 bits per heavy atom. The maximum absolute atomic E-state index is 13.4. The summed E-state index contributed by atoms with van der Waals surface area (Å²) in [7, 11) is -2.77. The molecule has 0 unspecified atom stereocenters. The Hall–Kier alpha value is -3.08. The Morgan fingerprint density at radius 3 is 2.71 bits per heavy atom. The van der Waals surface area contributed by atoms with Gasteiger partial charge in [-0.3, -0.25) is 4.79 Å². The van der Waals surface area contributed by atoms with Crippen molar-refractivity contribution < 1.29 is 32.6 Å². The molecule has 1 spiro atoms. The van der Waals surface area contributed by atoms with Gasteiger partial charge in [-0.15, -0.1) is 0 Å². The number of rotatable bonds is 1. The molecule has 2 bridgehead atoms. The maximum Gasteiger partial charge on any atom is 0.342 e. The molecular formula is C34H41ClN2O7S. The van der Waals surface area contributed by atoms with Crippen molar-refractivity contribution in [3.05, 3.63) is 70.3 Å². The molecule has 6 rings (SSSR count). The zero-order valence-corrected chi connectivity index (χ0v) is 27.5. The number of benzene rings is 2. The van der Waals surface area contributed by atoms with Crippen LogP contribution in [0.2, 0.25) is 5.02 Å². The molecule has 11 heteroatoms. The number of hydrogen-bond acceptors (Lipinski definition) is 8. The summed E-state index contributed by atoms with van der Waals surface area (Å²) in [5, 5.41) is 11.6. The second kappa shape index (κ2) is 11.9. The molecule has 0 saturated heterocycles. The first-order valence-electron chi connectivity index (χ1n) is 15.7. The number of methoxy groups -OCH3 is 1. The van der Waals surface area contributed by atoms with Crippen LogP contribution in [0.1, 0.15) is 67.4 Å². The topological polar surface area (TPSA) is 122 Å². The third kappa shape index (κ3) is 5.74. The van der Waals surface area contributed by atoms with Gasteiger partial charge < -0.3 is 19.5 Å². The molecule has 2 aliphatic heterocycles. The molecule has 2 aromatic carbocycles. The Kier molecular flexibility index (Phi) is 8.46. The van der Waals surface area contributed by atoms with E-state index < -0.39 is 44.6 Å². The molecule has 45 heavy (non-hydrogen) atoms. The standard InChI is InChI=1S/C34H41ClN2O7S/c1-21-6-4-15-34(40,32(39)43-3)28-11-8-25(28)18-37-19-33(14-5-7-23-16-26(35)10-12-27(23)33)20-44-30-13-9-24(17-29(30)37)31(38)36-45(41,42)22(21)2/h4,9-10,12-13,15-17,21-22,25,28,40H,5-8,11,14,18-20H2,1-3H3,(H,36,38)/b15-4+/t21-,22+,25-,28+,33-,34+/m0/s1. The normalized spacial score (nSPS) is 33.4. The van der Waals surface area contributed by atoms with E-state index in [1.54, 1.807) is 38.1 Å². The highest BCUT2D eigenvalue weighted by Gasteiger charge is 2.52. The molecule has 0 radical (unpaired) electrons. The summed E-state index contributed by atoms with van der Waals surface area (Å²) in [5.41, 5.74) is 1.04. The Bertz CT molecular complexity index is 1640. The summed E-state index contributed by atoms with van der Waals surface area (Å²) in [6.07, 6.45) is 7.62. The fourth-order valence-corrected chi connectivity index (χ4v) is 9.13. The molecular weight excluding hydrogens is 616 g/mol. The van der Waals surface area contributed by atoms with Gasteiger partial charge in [0.25, 0.3) is 5.91 Å². The molecule has 1 amide bonds. The second-order valence-electron chi connectivity index (χ2n) is 13.3. The van der Waals surface area contributed by atoms with Crippen LogP contribution in [0.15, 0.2) is 48.6 Å². The molecule has 2 aromatic rings. The number of amides is 1. The number of nitrogens with zero attached hydrogens (tertiary/aromatic N) is 1. The molecule has 4 aliphatic rings. The number of aryl methyl sites for hydroxylation is 1. The number of fused-ring (bicyclic) bond motifs is 4. The van der Waals surface area contributed by atoms with Gasteiger partial charge in [0.2, 0.25) is 10.0 Å². The zero-order chi connectivity index (χ0) is 32.1. The summed E-state index contributed by atoms with van der Waals surface area (Å²) >= 11 is 6.39. The van der Waals surface area contributed by atoms with Crippen molar-refractivity contribution in [1.29, 1.82) is 0 Å². The van der Waals surface area contributed by atoms with Gasteiger partial charge in [0.15, 0.2) is 5.60 Å². The molecule has 2 aliphatic carbocycles. The van der Waals surface area contributed by atoms with Crippen molar-refractivity contribution >= 4 is 39.2 Å². The summed E-state index contributed by atoms with van der Waals surface area (Å²) in [4.78, 5) is 28.7. The molecule has 1 fully saturated rings. The molecule has 2 heterocycles. The molecule has 1 saturated carbocycles. The minimum Gasteiger partial charge on any atom is -0.490 e. The minimum absolute atomic E-state index is 0.0582. The molecule has 0 aromatic heterocycles. The Morgan fingerprint density at radius 1 is 1.18 bits per heavy atom. The predicted octanol–water partition coefficient (Wildman–Crippen LogP) is 4.79. The number of hydrogen-bond donors (Lipinski definition) is 2. The summed E-state index contributed by atoms with van der Waals surface area (Å²) in [5.74, 6) is -1.70. The van der Waals surface area contributed by atoms with Crippen LogP contribution >= 0.6 is 11.6 Å². The van der Waals surface area contributed by atoms with Gasteiger partial charge >= 0.3 is 5.97 Å². The first kappa shape index (κ1) is 31.9. The maximum atomic E-state index is 13.4. The largest absolute Gasteiger partial charge is 0.490 e. The lowest BCUT2D eigenvalue weighted by atomic mass is 9.64. The number of allylic oxidation sites excluding steroid dienone is 1. The van der Waals surface area contributed by atoms with E-state index in [0.717, 1.165) is 25.7 Å². The number of esters is 1. The van der Waals surface area contributed by atoms with Crippen molar-refractivity contribution in [3.63, 3.8) is 0 Å². The van der Waals surface area contributed by atoms with E-state index in [9.17, 15) is 23.1 Å². The van der Waals surface area contributed by atoms with Crippen molar-refractivity contribution in [1.82, 2.24) is 4.72 Å². The van der Waals surface area contributed by atoms with Gasteiger partial charge in [0.1, 0.15) is 5.75 Å². The zero-order valence-electron chi connectivity index (χ0n) is 25.9. The van der Waals surface area contributed by atoms with Gasteiger partial charge in [-0.2, -0.15) is 0 Å². The third-order valence-corrected chi connectivity index (χ3v) is 12.8. The SMILES string of the molecule is COC(=O)[C@@]1(O)/C=C/C[C@H](C)[C@@H](C)S(=O)(=O)NC(=O)c2ccc3c(c2)N(C[C@@H]2CC[C@H]21)C[C@@]1(CCCc2cc(Cl)ccc21)CO3. The second-order valence-corrected chi connectivity index (χ2v) is 15.8. The van der Waals surface area contributed by atoms with E-state index in [-0.39, 0.29) is 23.3 Å². The van der Waals surface area contributed by atoms with Crippen LogP contribution in [0.25, 0.3) is 0 Å². The minimum atomic E-state index is -4.04. The van der Waals surface area contributed by atoms with Crippen LogP contribution in [0, 0.1) is 17.8 Å². The number of carbonyl (C=O) groups excluding carboxylic acids is 2. The summed E-state index contributed by atoms with van der Waals surface area (Å²) < 4.78 is 40.4. The van der Waals surface area contributed by atoms with E-state index in [2.05, 4.69) is 15.7 Å². The van der Waals surface area contributed by atoms with Crippen LogP contribution in [0.5, 0.6) is 5.75 Å². The molecule has 242 valence electrons. The monoisotopic (exact) mass is 656 g/mol. The fraction of sp³-hybridized carbons (Fsp3) is 0.529. The van der Waals surface area contributed by atoms with Crippen LogP contribution in [-0.2, 0) is 31.4 Å². The summed E-state index contributed by atoms with van der Waals surface area (Å²) in [6.45, 7) is 4.80. The predicted molar refractivity (Wildman–Crippen MR) is 172 cm³/mol. The average Bonchev–Trinajstić information content (AvgIpc) is 3.14. The van der Waals surface area contributed by atoms with Gasteiger partial charge in [-0.05, 0) is 105 Å². The number of sulfonamides is 1. The number of aliphatic hydroxyl groups is 1. The lowest BCUT2D eigenvalue weighted by molar-refractivity contribution is -0.169. The van der Waals surface area contributed by atoms with E-state index in [4.69, 9.17) is 21.1 Å². The molecule has 6 atom stereocenters. The first-order valence-corrected chi connectivity index (χ1v) is 17.6. The van der Waals surface area contributed by atoms with E-state index in [1.165, 1.54) is 24.3 Å². The number of anilines is 1. The van der Waals surface area contributed by atoms with Gasteiger partial charge in [-0.1, -0.05) is 30.7 Å². The van der Waals surface area contributed by atoms with Gasteiger partial charge in [0, 0.05) is 35.0 Å². The van der Waals surface area contributed by atoms with Gasteiger partial charge in [0.05, 0.1) is 24.7 Å². The van der Waals surface area contributed by atoms with Crippen LogP contribution < -0.4 is 14.4 Å². The average molecular weight is 657 g/mol. The number of halogens is 1. The van der Waals surface area contributed by atoms with Gasteiger partial charge in [-0.25, -0.2) is 17.9 Å². The highest BCUT2D eigenvalue weighted by molar-refractivity contribution is 7.90. The lowest BCUT2D eigenvalue weighted by Gasteiger charge is -2.48. The Balaban J connectivity index is 1.47. The first-order chi connectivity index (χ1) is 21.4. The van der Waals surface area contributed by atoms with E-state index >= 15 is 0 Å². The van der Waals surface area contributed by atoms with Crippen molar-refractivity contribution in [2.45, 2.75) is 68.6 Å². The summed E-state index contributed by atoms with van der Waals surface area (Å²) in [6, 6.07) is 11.1. The van der Waals surface area contributed by atoms with Crippen molar-refractivity contribution in [2.75, 3.05) is 31.7 Å². The van der Waals surface area contributed by atoms with Crippen LogP contribution in [0.3, 0.4) is 0 Å². The fourth-order valence-electron chi connectivity index (χ4n) is 7.65. The molecule has 2 N–H and O–H groups in total. The van der Waals surface area contributed by atoms with E-state index in [1.807, 2.05) is 12.1 Å². The van der Waals surface area contributed by atoms with Crippen LogP contribution in [0.4, 0.5) is 5.69 Å². The Labute approximate surface area is 270 Å². The number of carbonyl (C=O) groups is 2. The quantitative estimate of drug-likeness (QED) is 0.332. The highest BCUT2D eigenvalue weighted by Crippen LogP contribution is 2.48. The molecule has 9 nitrogen and oxygen atoms in total. The smallest absolute Gasteiger partial charge is 0.342 e. The highest BCUT2D eigenvalue weighted by atomic mass is 35.5.